The number of hydrogen-bond donors (Lipinski definition) is 2. The molecule has 1 aromatic heterocycles. The molecule has 2 N–H and O–H groups in total. The second kappa shape index (κ2) is 5.27. The fourth-order valence-corrected chi connectivity index (χ4v) is 1.96. The third kappa shape index (κ3) is 2.93. The van der Waals surface area contributed by atoms with E-state index < -0.39 is 0 Å². The number of nitrogens with zero attached hydrogens (tertiary/aromatic N) is 1. The van der Waals surface area contributed by atoms with Gasteiger partial charge in [-0.15, -0.1) is 0 Å². The average Bonchev–Trinajstić information content (AvgIpc) is 2.78. The monoisotopic (exact) mass is 279 g/mol. The molecule has 3 nitrogen and oxygen atoms in total. The average molecular weight is 280 g/mol. The largest absolute Gasteiger partial charge is 0.348 e. The van der Waals surface area contributed by atoms with Gasteiger partial charge in [-0.1, -0.05) is 28.1 Å². The minimum atomic E-state index is 0.308. The summed E-state index contributed by atoms with van der Waals surface area (Å²) < 4.78 is 1.11. The van der Waals surface area contributed by atoms with Crippen molar-refractivity contribution < 1.29 is 0 Å². The number of imidazole rings is 1. The van der Waals surface area contributed by atoms with E-state index >= 15 is 0 Å². The molecule has 0 saturated carbocycles. The van der Waals surface area contributed by atoms with Gasteiger partial charge in [0.05, 0.1) is 6.54 Å². The smallest absolute Gasteiger partial charge is 0.120 e. The van der Waals surface area contributed by atoms with Gasteiger partial charge in [0.15, 0.2) is 0 Å². The first-order valence-corrected chi connectivity index (χ1v) is 6.02. The molecule has 0 spiro atoms. The molecule has 1 unspecified atom stereocenters. The Morgan fingerprint density at radius 1 is 1.50 bits per heavy atom. The summed E-state index contributed by atoms with van der Waals surface area (Å²) in [5.41, 5.74) is 1.26. The molecule has 0 aliphatic rings. The lowest BCUT2D eigenvalue weighted by Gasteiger charge is -2.13. The van der Waals surface area contributed by atoms with Crippen LogP contribution in [0.15, 0.2) is 41.1 Å². The summed E-state index contributed by atoms with van der Waals surface area (Å²) in [4.78, 5) is 7.24. The predicted molar refractivity (Wildman–Crippen MR) is 68.0 cm³/mol. The van der Waals surface area contributed by atoms with Crippen LogP contribution in [-0.2, 0) is 6.54 Å². The molecule has 0 saturated heterocycles. The molecule has 0 bridgehead atoms. The number of benzene rings is 1. The van der Waals surface area contributed by atoms with Crippen LogP contribution in [0, 0.1) is 0 Å². The van der Waals surface area contributed by atoms with E-state index in [0.717, 1.165) is 16.8 Å². The van der Waals surface area contributed by atoms with Crippen molar-refractivity contribution >= 4 is 15.9 Å². The zero-order valence-corrected chi connectivity index (χ0v) is 10.7. The fraction of sp³-hybridized carbons (Fsp3) is 0.250. The molecular formula is C12H14BrN3. The van der Waals surface area contributed by atoms with Gasteiger partial charge in [-0.05, 0) is 24.6 Å². The molecular weight excluding hydrogens is 266 g/mol. The highest BCUT2D eigenvalue weighted by atomic mass is 79.9. The van der Waals surface area contributed by atoms with Crippen LogP contribution in [0.4, 0.5) is 0 Å². The van der Waals surface area contributed by atoms with Crippen LogP contribution in [0.3, 0.4) is 0 Å². The van der Waals surface area contributed by atoms with Gasteiger partial charge >= 0.3 is 0 Å². The lowest BCUT2D eigenvalue weighted by molar-refractivity contribution is 0.562. The Bertz CT molecular complexity index is 439. The van der Waals surface area contributed by atoms with Crippen molar-refractivity contribution in [3.63, 3.8) is 0 Å². The maximum absolute atomic E-state index is 4.17. The van der Waals surface area contributed by atoms with E-state index in [1.54, 1.807) is 6.20 Å². The minimum absolute atomic E-state index is 0.308. The van der Waals surface area contributed by atoms with E-state index in [-0.39, 0.29) is 0 Å². The molecule has 4 heteroatoms. The summed E-state index contributed by atoms with van der Waals surface area (Å²) in [5.74, 6) is 0.960. The van der Waals surface area contributed by atoms with Gasteiger partial charge < -0.3 is 10.3 Å². The molecule has 2 aromatic rings. The highest BCUT2D eigenvalue weighted by Crippen LogP contribution is 2.17. The van der Waals surface area contributed by atoms with Crippen molar-refractivity contribution in [3.05, 3.63) is 52.5 Å². The van der Waals surface area contributed by atoms with Crippen LogP contribution in [-0.4, -0.2) is 9.97 Å². The first-order chi connectivity index (χ1) is 7.75. The van der Waals surface area contributed by atoms with E-state index in [0.29, 0.717) is 6.04 Å². The first kappa shape index (κ1) is 11.4. The number of nitrogens with one attached hydrogen (secondary N) is 2. The molecule has 0 radical (unpaired) electrons. The summed E-state index contributed by atoms with van der Waals surface area (Å²) >= 11 is 3.47. The van der Waals surface area contributed by atoms with E-state index in [1.165, 1.54) is 5.56 Å². The number of hydrogen-bond acceptors (Lipinski definition) is 2. The van der Waals surface area contributed by atoms with Gasteiger partial charge in [-0.2, -0.15) is 0 Å². The zero-order valence-electron chi connectivity index (χ0n) is 9.07. The molecule has 84 valence electrons. The quantitative estimate of drug-likeness (QED) is 0.903. The van der Waals surface area contributed by atoms with Crippen molar-refractivity contribution in [2.45, 2.75) is 19.5 Å². The third-order valence-electron chi connectivity index (χ3n) is 2.48. The lowest BCUT2D eigenvalue weighted by atomic mass is 10.1. The van der Waals surface area contributed by atoms with Crippen LogP contribution in [0.25, 0.3) is 0 Å². The van der Waals surface area contributed by atoms with Gasteiger partial charge in [-0.3, -0.25) is 0 Å². The Balaban J connectivity index is 1.95. The summed E-state index contributed by atoms with van der Waals surface area (Å²) in [6, 6.07) is 8.63. The third-order valence-corrected chi connectivity index (χ3v) is 2.97. The minimum Gasteiger partial charge on any atom is -0.348 e. The van der Waals surface area contributed by atoms with Crippen molar-refractivity contribution in [1.82, 2.24) is 15.3 Å². The van der Waals surface area contributed by atoms with Crippen LogP contribution < -0.4 is 5.32 Å². The number of halogens is 1. The number of aromatic amines is 1. The highest BCUT2D eigenvalue weighted by Gasteiger charge is 2.05. The number of H-pyrrole nitrogens is 1. The van der Waals surface area contributed by atoms with Gasteiger partial charge in [0.1, 0.15) is 5.82 Å². The summed E-state index contributed by atoms with van der Waals surface area (Å²) in [5, 5.41) is 3.41. The van der Waals surface area contributed by atoms with Crippen molar-refractivity contribution in [1.29, 1.82) is 0 Å². The molecule has 0 fully saturated rings. The van der Waals surface area contributed by atoms with Crippen molar-refractivity contribution in [3.8, 4) is 0 Å². The number of aromatic nitrogens is 2. The van der Waals surface area contributed by atoms with Crippen LogP contribution in [0.2, 0.25) is 0 Å². The summed E-state index contributed by atoms with van der Waals surface area (Å²) in [6.07, 6.45) is 3.60. The predicted octanol–water partition coefficient (Wildman–Crippen LogP) is 3.02. The Labute approximate surface area is 103 Å². The van der Waals surface area contributed by atoms with Gasteiger partial charge in [0, 0.05) is 22.9 Å². The maximum Gasteiger partial charge on any atom is 0.120 e. The SMILES string of the molecule is CC(NCc1ncc[nH]1)c1cccc(Br)c1. The first-order valence-electron chi connectivity index (χ1n) is 5.23. The van der Waals surface area contributed by atoms with Crippen molar-refractivity contribution in [2.75, 3.05) is 0 Å². The lowest BCUT2D eigenvalue weighted by Crippen LogP contribution is -2.18. The summed E-state index contributed by atoms with van der Waals surface area (Å²) in [7, 11) is 0. The normalized spacial score (nSPS) is 12.6. The Hall–Kier alpha value is -1.13. The summed E-state index contributed by atoms with van der Waals surface area (Å²) in [6.45, 7) is 2.89. The fourth-order valence-electron chi connectivity index (χ4n) is 1.54. The Morgan fingerprint density at radius 3 is 3.06 bits per heavy atom. The second-order valence-corrected chi connectivity index (χ2v) is 4.61. The highest BCUT2D eigenvalue weighted by molar-refractivity contribution is 9.10. The van der Waals surface area contributed by atoms with Crippen LogP contribution >= 0.6 is 15.9 Å². The molecule has 16 heavy (non-hydrogen) atoms. The van der Waals surface area contributed by atoms with Crippen LogP contribution in [0.1, 0.15) is 24.4 Å². The van der Waals surface area contributed by atoms with Gasteiger partial charge in [-0.25, -0.2) is 4.98 Å². The van der Waals surface area contributed by atoms with E-state index in [9.17, 15) is 0 Å². The maximum atomic E-state index is 4.17. The molecule has 0 aliphatic carbocycles. The molecule has 1 atom stereocenters. The molecule has 1 aromatic carbocycles. The topological polar surface area (TPSA) is 40.7 Å². The second-order valence-electron chi connectivity index (χ2n) is 3.69. The van der Waals surface area contributed by atoms with E-state index in [1.807, 2.05) is 18.3 Å². The van der Waals surface area contributed by atoms with Gasteiger partial charge in [0.2, 0.25) is 0 Å². The molecule has 0 aliphatic heterocycles. The Morgan fingerprint density at radius 2 is 2.38 bits per heavy atom. The zero-order chi connectivity index (χ0) is 11.4. The molecule has 2 rings (SSSR count). The van der Waals surface area contributed by atoms with E-state index in [4.69, 9.17) is 0 Å². The van der Waals surface area contributed by atoms with Crippen molar-refractivity contribution in [2.24, 2.45) is 0 Å². The van der Waals surface area contributed by atoms with E-state index in [2.05, 4.69) is 50.3 Å². The standard InChI is InChI=1S/C12H14BrN3/c1-9(10-3-2-4-11(13)7-10)16-8-12-14-5-6-15-12/h2-7,9,16H,8H2,1H3,(H,14,15). The Kier molecular flexibility index (Phi) is 3.74. The van der Waals surface area contributed by atoms with Gasteiger partial charge in [0.25, 0.3) is 0 Å². The molecule has 1 heterocycles. The van der Waals surface area contributed by atoms with Crippen LogP contribution in [0.5, 0.6) is 0 Å². The number of rotatable bonds is 4. The molecule has 0 amide bonds.